The van der Waals surface area contributed by atoms with Crippen molar-refractivity contribution in [1.82, 2.24) is 24.1 Å². The van der Waals surface area contributed by atoms with Crippen LogP contribution in [-0.2, 0) is 0 Å². The van der Waals surface area contributed by atoms with Crippen LogP contribution in [-0.4, -0.2) is 24.1 Å². The summed E-state index contributed by atoms with van der Waals surface area (Å²) >= 11 is 1.80. The Labute approximate surface area is 399 Å². The van der Waals surface area contributed by atoms with Gasteiger partial charge in [0.15, 0.2) is 11.6 Å². The molecule has 69 heavy (non-hydrogen) atoms. The molecule has 0 N–H and O–H groups in total. The second-order valence-electron chi connectivity index (χ2n) is 17.9. The predicted octanol–water partition coefficient (Wildman–Crippen LogP) is 16.9. The maximum atomic E-state index is 5.45. The summed E-state index contributed by atoms with van der Waals surface area (Å²) in [6, 6.07) is 81.0. The quantitative estimate of drug-likeness (QED) is 0.162. The lowest BCUT2D eigenvalue weighted by atomic mass is 9.92. The van der Waals surface area contributed by atoms with Crippen molar-refractivity contribution in [2.75, 3.05) is 0 Å². The Kier molecular flexibility index (Phi) is 8.17. The minimum absolute atomic E-state index is 0.571. The van der Waals surface area contributed by atoms with Crippen LogP contribution in [0, 0.1) is 0 Å². The summed E-state index contributed by atoms with van der Waals surface area (Å²) in [6.07, 6.45) is 0. The van der Waals surface area contributed by atoms with Crippen LogP contribution in [0.2, 0.25) is 0 Å². The number of thiophene rings is 1. The zero-order valence-corrected chi connectivity index (χ0v) is 37.8. The monoisotopic (exact) mass is 895 g/mol. The lowest BCUT2D eigenvalue weighted by Gasteiger charge is -2.14. The molecule has 6 heteroatoms. The topological polar surface area (TPSA) is 48.5 Å². The molecule has 0 bridgehead atoms. The van der Waals surface area contributed by atoms with Gasteiger partial charge in [0.05, 0.1) is 22.1 Å². The molecule has 5 nitrogen and oxygen atoms in total. The standard InChI is InChI=1S/C63H37N5S/c1-2-16-38(17-3-1)61-64-62(50-27-15-31-59-60(50)49-26-10-13-30-58(49)69-59)66-63(65-61)68-55-29-12-9-25-48(55)53-36-52-47-24-8-11-28-54(47)67(56(52)37-57(53)68)41-19-14-18-39(34-41)40-32-33-46-44-22-5-4-20-42(44)43-21-6-7-23-45(43)51(46)35-40/h1-37H. The minimum atomic E-state index is 0.571. The Morgan fingerprint density at radius 1 is 0.290 bits per heavy atom. The molecule has 0 amide bonds. The fourth-order valence-corrected chi connectivity index (χ4v) is 12.2. The van der Waals surface area contributed by atoms with E-state index in [9.17, 15) is 0 Å². The van der Waals surface area contributed by atoms with E-state index in [2.05, 4.69) is 215 Å². The minimum Gasteiger partial charge on any atom is -0.309 e. The van der Waals surface area contributed by atoms with Gasteiger partial charge in [0.2, 0.25) is 5.95 Å². The highest BCUT2D eigenvalue weighted by atomic mass is 32.1. The van der Waals surface area contributed by atoms with Gasteiger partial charge in [-0.3, -0.25) is 4.57 Å². The third-order valence-electron chi connectivity index (χ3n) is 14.1. The number of para-hydroxylation sites is 2. The number of rotatable bonds is 5. The first-order valence-corrected chi connectivity index (χ1v) is 24.2. The van der Waals surface area contributed by atoms with E-state index < -0.39 is 0 Å². The SMILES string of the molecule is c1ccc(-c2nc(-c3cccc4sc5ccccc5c34)nc(-n3c4ccccc4c4cc5c6ccccc6n(-c6cccc(-c7ccc8c9ccccc9c9ccccc9c8c7)c6)c5cc43)n2)cc1. The van der Waals surface area contributed by atoms with Gasteiger partial charge in [-0.25, -0.2) is 4.98 Å². The lowest BCUT2D eigenvalue weighted by molar-refractivity contribution is 0.954. The van der Waals surface area contributed by atoms with Crippen molar-refractivity contribution >= 4 is 107 Å². The lowest BCUT2D eigenvalue weighted by Crippen LogP contribution is -2.06. The van der Waals surface area contributed by atoms with Crippen LogP contribution in [0.3, 0.4) is 0 Å². The fraction of sp³-hybridized carbons (Fsp3) is 0. The summed E-state index contributed by atoms with van der Waals surface area (Å²) in [5.41, 5.74) is 9.66. The molecule has 0 aliphatic carbocycles. The smallest absolute Gasteiger partial charge is 0.238 e. The highest BCUT2D eigenvalue weighted by Crippen LogP contribution is 2.43. The molecule has 320 valence electrons. The summed E-state index contributed by atoms with van der Waals surface area (Å²) in [5.74, 6) is 1.84. The molecule has 0 spiro atoms. The molecule has 15 rings (SSSR count). The average Bonchev–Trinajstić information content (AvgIpc) is 4.08. The van der Waals surface area contributed by atoms with Crippen molar-refractivity contribution in [3.63, 3.8) is 0 Å². The predicted molar refractivity (Wildman–Crippen MR) is 290 cm³/mol. The molecule has 0 aliphatic rings. The van der Waals surface area contributed by atoms with E-state index in [1.165, 1.54) is 63.4 Å². The average molecular weight is 896 g/mol. The van der Waals surface area contributed by atoms with E-state index in [4.69, 9.17) is 15.0 Å². The van der Waals surface area contributed by atoms with Crippen LogP contribution in [0.15, 0.2) is 224 Å². The number of aromatic nitrogens is 5. The van der Waals surface area contributed by atoms with Crippen LogP contribution < -0.4 is 0 Å². The summed E-state index contributed by atoms with van der Waals surface area (Å²) in [6.45, 7) is 0. The molecule has 0 unspecified atom stereocenters. The molecule has 0 fully saturated rings. The molecule has 0 aliphatic heterocycles. The van der Waals surface area contributed by atoms with Crippen molar-refractivity contribution in [3.8, 4) is 45.5 Å². The molecule has 4 heterocycles. The summed E-state index contributed by atoms with van der Waals surface area (Å²) < 4.78 is 7.12. The first-order chi connectivity index (χ1) is 34.2. The first-order valence-electron chi connectivity index (χ1n) is 23.3. The largest absolute Gasteiger partial charge is 0.309 e. The van der Waals surface area contributed by atoms with Crippen LogP contribution in [0.4, 0.5) is 0 Å². The van der Waals surface area contributed by atoms with Crippen molar-refractivity contribution in [1.29, 1.82) is 0 Å². The normalized spacial score (nSPS) is 12.1. The molecule has 0 saturated heterocycles. The van der Waals surface area contributed by atoms with Gasteiger partial charge in [-0.1, -0.05) is 170 Å². The van der Waals surface area contributed by atoms with Crippen molar-refractivity contribution in [3.05, 3.63) is 224 Å². The van der Waals surface area contributed by atoms with Crippen molar-refractivity contribution < 1.29 is 0 Å². The van der Waals surface area contributed by atoms with Gasteiger partial charge >= 0.3 is 0 Å². The Morgan fingerprint density at radius 3 is 1.57 bits per heavy atom. The maximum Gasteiger partial charge on any atom is 0.238 e. The number of benzene rings is 11. The van der Waals surface area contributed by atoms with Gasteiger partial charge in [-0.15, -0.1) is 11.3 Å². The first kappa shape index (κ1) is 38.2. The Balaban J connectivity index is 0.970. The van der Waals surface area contributed by atoms with E-state index >= 15 is 0 Å². The van der Waals surface area contributed by atoms with Gasteiger partial charge in [0.25, 0.3) is 0 Å². The number of nitrogens with zero attached hydrogens (tertiary/aromatic N) is 5. The third-order valence-corrected chi connectivity index (χ3v) is 15.3. The van der Waals surface area contributed by atoms with Gasteiger partial charge in [-0.05, 0) is 98.0 Å². The van der Waals surface area contributed by atoms with E-state index in [1.807, 2.05) is 18.2 Å². The molecule has 0 radical (unpaired) electrons. The highest BCUT2D eigenvalue weighted by Gasteiger charge is 2.23. The Morgan fingerprint density at radius 2 is 0.826 bits per heavy atom. The summed E-state index contributed by atoms with van der Waals surface area (Å²) in [4.78, 5) is 16.1. The van der Waals surface area contributed by atoms with Crippen LogP contribution in [0.5, 0.6) is 0 Å². The molecular weight excluding hydrogens is 859 g/mol. The Hall–Kier alpha value is -8.97. The van der Waals surface area contributed by atoms with Crippen LogP contribution in [0.25, 0.3) is 142 Å². The molecule has 15 aromatic rings. The maximum absolute atomic E-state index is 5.45. The molecule has 0 saturated carbocycles. The third kappa shape index (κ3) is 5.73. The van der Waals surface area contributed by atoms with Crippen LogP contribution in [0.1, 0.15) is 0 Å². The van der Waals surface area contributed by atoms with E-state index in [1.54, 1.807) is 11.3 Å². The molecule has 4 aromatic heterocycles. The van der Waals surface area contributed by atoms with E-state index in [0.29, 0.717) is 17.6 Å². The zero-order valence-electron chi connectivity index (χ0n) is 37.0. The van der Waals surface area contributed by atoms with Crippen molar-refractivity contribution in [2.24, 2.45) is 0 Å². The second-order valence-corrected chi connectivity index (χ2v) is 19.0. The summed E-state index contributed by atoms with van der Waals surface area (Å²) in [5, 5.41) is 14.7. The second kappa shape index (κ2) is 14.8. The highest BCUT2D eigenvalue weighted by molar-refractivity contribution is 7.25. The van der Waals surface area contributed by atoms with Gasteiger partial charge in [0.1, 0.15) is 0 Å². The summed E-state index contributed by atoms with van der Waals surface area (Å²) in [7, 11) is 0. The van der Waals surface area contributed by atoms with Gasteiger partial charge in [-0.2, -0.15) is 9.97 Å². The molecule has 11 aromatic carbocycles. The molecular formula is C63H37N5S. The van der Waals surface area contributed by atoms with Crippen molar-refractivity contribution in [2.45, 2.75) is 0 Å². The van der Waals surface area contributed by atoms with Crippen LogP contribution >= 0.6 is 11.3 Å². The molecule has 0 atom stereocenters. The van der Waals surface area contributed by atoms with Gasteiger partial charge < -0.3 is 4.57 Å². The van der Waals surface area contributed by atoms with Gasteiger partial charge in [0, 0.05) is 58.5 Å². The van der Waals surface area contributed by atoms with E-state index in [-0.39, 0.29) is 0 Å². The Bertz CT molecular complexity index is 4580. The van der Waals surface area contributed by atoms with E-state index in [0.717, 1.165) is 60.6 Å². The number of fused-ring (bicyclic) bond motifs is 15. The number of hydrogen-bond acceptors (Lipinski definition) is 4. The number of hydrogen-bond donors (Lipinski definition) is 0. The fourth-order valence-electron chi connectivity index (χ4n) is 11.1. The zero-order chi connectivity index (χ0) is 45.2.